The van der Waals surface area contributed by atoms with E-state index in [1.54, 1.807) is 25.3 Å². The first-order chi connectivity index (χ1) is 7.94. The molecule has 0 aromatic heterocycles. The van der Waals surface area contributed by atoms with Gasteiger partial charge in [0.1, 0.15) is 5.75 Å². The Bertz CT molecular complexity index is 457. The molecular formula is C13H16ClNO2. The molecule has 3 nitrogen and oxygen atoms in total. The molecule has 4 heteroatoms. The predicted octanol–water partition coefficient (Wildman–Crippen LogP) is 3.33. The lowest BCUT2D eigenvalue weighted by Gasteiger charge is -2.08. The zero-order chi connectivity index (χ0) is 12.6. The number of nitrogens with one attached hydrogen (secondary N) is 1. The molecule has 0 bridgehead atoms. The molecule has 0 radical (unpaired) electrons. The predicted molar refractivity (Wildman–Crippen MR) is 68.5 cm³/mol. The van der Waals surface area contributed by atoms with Gasteiger partial charge in [0.2, 0.25) is 5.91 Å². The van der Waals surface area contributed by atoms with Crippen LogP contribution in [-0.4, -0.2) is 13.0 Å². The van der Waals surface area contributed by atoms with Crippen LogP contribution in [0.25, 0.3) is 0 Å². The van der Waals surface area contributed by atoms with E-state index in [1.165, 1.54) is 0 Å². The normalized spacial score (nSPS) is 20.8. The summed E-state index contributed by atoms with van der Waals surface area (Å²) in [6.45, 7) is 4.19. The van der Waals surface area contributed by atoms with Crippen molar-refractivity contribution in [2.45, 2.75) is 20.3 Å². The van der Waals surface area contributed by atoms with Gasteiger partial charge >= 0.3 is 0 Å². The fourth-order valence-corrected chi connectivity index (χ4v) is 2.15. The van der Waals surface area contributed by atoms with Crippen LogP contribution in [0.2, 0.25) is 5.02 Å². The van der Waals surface area contributed by atoms with Crippen LogP contribution in [0.1, 0.15) is 20.3 Å². The Balaban J connectivity index is 2.05. The summed E-state index contributed by atoms with van der Waals surface area (Å²) < 4.78 is 5.05. The first-order valence-electron chi connectivity index (χ1n) is 5.58. The quantitative estimate of drug-likeness (QED) is 0.897. The Labute approximate surface area is 106 Å². The second-order valence-electron chi connectivity index (χ2n) is 5.08. The van der Waals surface area contributed by atoms with E-state index in [2.05, 4.69) is 19.2 Å². The van der Waals surface area contributed by atoms with Crippen molar-refractivity contribution in [2.75, 3.05) is 12.4 Å². The van der Waals surface area contributed by atoms with E-state index in [0.29, 0.717) is 16.5 Å². The minimum Gasteiger partial charge on any atom is -0.495 e. The van der Waals surface area contributed by atoms with Gasteiger partial charge in [-0.1, -0.05) is 25.4 Å². The van der Waals surface area contributed by atoms with Crippen LogP contribution in [0.15, 0.2) is 18.2 Å². The molecule has 1 atom stereocenters. The third-order valence-corrected chi connectivity index (χ3v) is 3.54. The first kappa shape index (κ1) is 12.2. The maximum Gasteiger partial charge on any atom is 0.228 e. The highest BCUT2D eigenvalue weighted by Gasteiger charge is 2.50. The number of hydrogen-bond donors (Lipinski definition) is 1. The fourth-order valence-electron chi connectivity index (χ4n) is 1.89. The maximum atomic E-state index is 11.9. The number of carbonyl (C=O) groups is 1. The SMILES string of the molecule is COc1ccc(NC(=O)[C@H]2CC2(C)C)cc1Cl. The van der Waals surface area contributed by atoms with Gasteiger partial charge < -0.3 is 10.1 Å². The van der Waals surface area contributed by atoms with Crippen LogP contribution >= 0.6 is 11.6 Å². The van der Waals surface area contributed by atoms with Gasteiger partial charge in [0, 0.05) is 11.6 Å². The molecule has 1 saturated carbocycles. The minimum atomic E-state index is 0.0660. The second kappa shape index (κ2) is 4.22. The van der Waals surface area contributed by atoms with E-state index in [4.69, 9.17) is 16.3 Å². The van der Waals surface area contributed by atoms with Gasteiger partial charge in [-0.05, 0) is 30.0 Å². The average molecular weight is 254 g/mol. The molecule has 1 amide bonds. The van der Waals surface area contributed by atoms with Gasteiger partial charge in [-0.15, -0.1) is 0 Å². The lowest BCUT2D eigenvalue weighted by molar-refractivity contribution is -0.117. The Kier molecular flexibility index (Phi) is 3.04. The third-order valence-electron chi connectivity index (χ3n) is 3.25. The van der Waals surface area contributed by atoms with Crippen molar-refractivity contribution < 1.29 is 9.53 Å². The van der Waals surface area contributed by atoms with E-state index in [9.17, 15) is 4.79 Å². The number of amides is 1. The number of benzene rings is 1. The molecule has 1 aromatic rings. The molecule has 92 valence electrons. The van der Waals surface area contributed by atoms with Gasteiger partial charge in [0.05, 0.1) is 12.1 Å². The smallest absolute Gasteiger partial charge is 0.228 e. The summed E-state index contributed by atoms with van der Waals surface area (Å²) in [6.07, 6.45) is 0.947. The average Bonchev–Trinajstić information content (AvgIpc) is 2.88. The molecule has 2 rings (SSSR count). The van der Waals surface area contributed by atoms with Crippen LogP contribution < -0.4 is 10.1 Å². The monoisotopic (exact) mass is 253 g/mol. The topological polar surface area (TPSA) is 38.3 Å². The second-order valence-corrected chi connectivity index (χ2v) is 5.49. The van der Waals surface area contributed by atoms with Crippen LogP contribution in [0.3, 0.4) is 0 Å². The zero-order valence-corrected chi connectivity index (χ0v) is 11.0. The number of halogens is 1. The standard InChI is InChI=1S/C13H16ClNO2/c1-13(2)7-9(13)12(16)15-8-4-5-11(17-3)10(14)6-8/h4-6,9H,7H2,1-3H3,(H,15,16)/t9-/m1/s1. The Hall–Kier alpha value is -1.22. The number of hydrogen-bond acceptors (Lipinski definition) is 2. The van der Waals surface area contributed by atoms with Gasteiger partial charge in [-0.25, -0.2) is 0 Å². The lowest BCUT2D eigenvalue weighted by atomic mass is 10.1. The van der Waals surface area contributed by atoms with Gasteiger partial charge in [0.15, 0.2) is 0 Å². The van der Waals surface area contributed by atoms with Gasteiger partial charge in [0.25, 0.3) is 0 Å². The van der Waals surface area contributed by atoms with Crippen molar-refractivity contribution >= 4 is 23.2 Å². The number of carbonyl (C=O) groups excluding carboxylic acids is 1. The number of methoxy groups -OCH3 is 1. The van der Waals surface area contributed by atoms with E-state index < -0.39 is 0 Å². The van der Waals surface area contributed by atoms with Crippen LogP contribution in [0, 0.1) is 11.3 Å². The molecule has 0 unspecified atom stereocenters. The Morgan fingerprint density at radius 3 is 2.65 bits per heavy atom. The Morgan fingerprint density at radius 1 is 1.53 bits per heavy atom. The van der Waals surface area contributed by atoms with Crippen LogP contribution in [-0.2, 0) is 4.79 Å². The van der Waals surface area contributed by atoms with E-state index in [0.717, 1.165) is 6.42 Å². The number of ether oxygens (including phenoxy) is 1. The van der Waals surface area contributed by atoms with E-state index in [-0.39, 0.29) is 17.2 Å². The number of anilines is 1. The van der Waals surface area contributed by atoms with Gasteiger partial charge in [-0.2, -0.15) is 0 Å². The zero-order valence-electron chi connectivity index (χ0n) is 10.2. The molecule has 1 aliphatic carbocycles. The molecule has 0 aliphatic heterocycles. The maximum absolute atomic E-state index is 11.9. The molecule has 0 saturated heterocycles. The summed E-state index contributed by atoms with van der Waals surface area (Å²) in [6, 6.07) is 5.24. The molecule has 1 aromatic carbocycles. The molecule has 1 aliphatic rings. The third kappa shape index (κ3) is 2.55. The summed E-state index contributed by atoms with van der Waals surface area (Å²) >= 11 is 5.99. The minimum absolute atomic E-state index is 0.0660. The highest BCUT2D eigenvalue weighted by Crippen LogP contribution is 2.52. The summed E-state index contributed by atoms with van der Waals surface area (Å²) in [7, 11) is 1.56. The molecular weight excluding hydrogens is 238 g/mol. The van der Waals surface area contributed by atoms with E-state index >= 15 is 0 Å². The van der Waals surface area contributed by atoms with Crippen LogP contribution in [0.4, 0.5) is 5.69 Å². The Morgan fingerprint density at radius 2 is 2.18 bits per heavy atom. The van der Waals surface area contributed by atoms with Gasteiger partial charge in [-0.3, -0.25) is 4.79 Å². The summed E-state index contributed by atoms with van der Waals surface area (Å²) in [4.78, 5) is 11.9. The largest absolute Gasteiger partial charge is 0.495 e. The first-order valence-corrected chi connectivity index (χ1v) is 5.96. The van der Waals surface area contributed by atoms with Crippen LogP contribution in [0.5, 0.6) is 5.75 Å². The fraction of sp³-hybridized carbons (Fsp3) is 0.462. The van der Waals surface area contributed by atoms with Crippen molar-refractivity contribution in [3.05, 3.63) is 23.2 Å². The van der Waals surface area contributed by atoms with Crippen molar-refractivity contribution in [3.63, 3.8) is 0 Å². The summed E-state index contributed by atoms with van der Waals surface area (Å²) in [5.74, 6) is 0.788. The molecule has 0 heterocycles. The molecule has 17 heavy (non-hydrogen) atoms. The molecule has 0 spiro atoms. The van der Waals surface area contributed by atoms with Crippen molar-refractivity contribution in [1.29, 1.82) is 0 Å². The summed E-state index contributed by atoms with van der Waals surface area (Å²) in [5, 5.41) is 3.37. The lowest BCUT2D eigenvalue weighted by Crippen LogP contribution is -2.16. The molecule has 1 fully saturated rings. The highest BCUT2D eigenvalue weighted by atomic mass is 35.5. The number of rotatable bonds is 3. The van der Waals surface area contributed by atoms with Crippen molar-refractivity contribution in [2.24, 2.45) is 11.3 Å². The van der Waals surface area contributed by atoms with E-state index in [1.807, 2.05) is 0 Å². The van der Waals surface area contributed by atoms with Crippen molar-refractivity contribution in [3.8, 4) is 5.75 Å². The van der Waals surface area contributed by atoms with Crippen molar-refractivity contribution in [1.82, 2.24) is 0 Å². The highest BCUT2D eigenvalue weighted by molar-refractivity contribution is 6.32. The molecule has 1 N–H and O–H groups in total. The summed E-state index contributed by atoms with van der Waals surface area (Å²) in [5.41, 5.74) is 0.851.